The second-order valence-electron chi connectivity index (χ2n) is 7.82. The summed E-state index contributed by atoms with van der Waals surface area (Å²) in [5, 5.41) is 16.1. The lowest BCUT2D eigenvalue weighted by Gasteiger charge is -2.40. The number of fused-ring (bicyclic) bond motifs is 1. The number of hydrogen-bond donors (Lipinski definition) is 1. The molecule has 1 fully saturated rings. The Hall–Kier alpha value is -2.81. The van der Waals surface area contributed by atoms with Gasteiger partial charge in [-0.1, -0.05) is 41.1 Å². The summed E-state index contributed by atoms with van der Waals surface area (Å²) in [4.78, 5) is 10.8. The molecule has 0 unspecified atom stereocenters. The molecular formula is C23H24ClN5O2S. The Morgan fingerprint density at radius 2 is 1.84 bits per heavy atom. The highest BCUT2D eigenvalue weighted by Crippen LogP contribution is 2.40. The van der Waals surface area contributed by atoms with Gasteiger partial charge in [0.15, 0.2) is 0 Å². The molecule has 0 bridgehead atoms. The molecule has 0 saturated carbocycles. The fourth-order valence-corrected chi connectivity index (χ4v) is 5.60. The molecule has 4 aromatic rings. The number of aromatic hydroxyl groups is 1. The van der Waals surface area contributed by atoms with Crippen molar-refractivity contribution in [1.82, 2.24) is 19.5 Å². The second-order valence-corrected chi connectivity index (χ2v) is 9.27. The van der Waals surface area contributed by atoms with Crippen molar-refractivity contribution in [1.29, 1.82) is 0 Å². The third kappa shape index (κ3) is 3.90. The van der Waals surface area contributed by atoms with E-state index in [2.05, 4.69) is 38.1 Å². The summed E-state index contributed by atoms with van der Waals surface area (Å²) in [6, 6.07) is 15.9. The van der Waals surface area contributed by atoms with E-state index in [1.54, 1.807) is 7.11 Å². The first-order valence-electron chi connectivity index (χ1n) is 10.5. The molecule has 1 aliphatic rings. The van der Waals surface area contributed by atoms with Gasteiger partial charge in [0.1, 0.15) is 11.6 Å². The van der Waals surface area contributed by atoms with Crippen LogP contribution in [0.3, 0.4) is 0 Å². The van der Waals surface area contributed by atoms with E-state index < -0.39 is 0 Å². The van der Waals surface area contributed by atoms with Crippen LogP contribution in [-0.4, -0.2) is 57.9 Å². The Kier molecular flexibility index (Phi) is 5.67. The predicted molar refractivity (Wildman–Crippen MR) is 127 cm³/mol. The number of benzene rings is 2. The van der Waals surface area contributed by atoms with E-state index in [9.17, 15) is 5.11 Å². The minimum Gasteiger partial charge on any atom is -0.497 e. The number of aromatic nitrogens is 3. The van der Waals surface area contributed by atoms with Crippen LogP contribution < -0.4 is 9.64 Å². The molecule has 1 atom stereocenters. The van der Waals surface area contributed by atoms with Gasteiger partial charge in [-0.15, -0.1) is 5.10 Å². The average Bonchev–Trinajstić information content (AvgIpc) is 3.32. The van der Waals surface area contributed by atoms with Crippen LogP contribution >= 0.6 is 22.9 Å². The van der Waals surface area contributed by atoms with Gasteiger partial charge in [-0.3, -0.25) is 4.90 Å². The highest BCUT2D eigenvalue weighted by Gasteiger charge is 2.31. The molecule has 32 heavy (non-hydrogen) atoms. The van der Waals surface area contributed by atoms with Crippen molar-refractivity contribution in [3.05, 3.63) is 69.8 Å². The van der Waals surface area contributed by atoms with E-state index in [1.807, 2.05) is 37.3 Å². The standard InChI is InChI=1S/C23H24ClN5O2S/c1-15-25-23-29(26-15)22(30)21(32-23)20(16-6-8-19(31-2)9-7-16)28-12-10-27(11-13-28)18-5-3-4-17(24)14-18/h3-9,14,20,30H,10-13H2,1-2H3/t20-/m1/s1. The quantitative estimate of drug-likeness (QED) is 0.468. The third-order valence-electron chi connectivity index (χ3n) is 5.84. The average molecular weight is 470 g/mol. The first-order chi connectivity index (χ1) is 15.5. The summed E-state index contributed by atoms with van der Waals surface area (Å²) < 4.78 is 6.88. The number of piperazine rings is 1. The minimum atomic E-state index is -0.101. The van der Waals surface area contributed by atoms with Crippen LogP contribution in [0.25, 0.3) is 4.96 Å². The lowest BCUT2D eigenvalue weighted by molar-refractivity contribution is 0.211. The number of thiazole rings is 1. The maximum absolute atomic E-state index is 11.0. The second kappa shape index (κ2) is 8.61. The van der Waals surface area contributed by atoms with Crippen LogP contribution in [0, 0.1) is 6.92 Å². The molecule has 1 N–H and O–H groups in total. The lowest BCUT2D eigenvalue weighted by Crippen LogP contribution is -2.47. The maximum atomic E-state index is 11.0. The summed E-state index contributed by atoms with van der Waals surface area (Å²) in [7, 11) is 1.66. The Morgan fingerprint density at radius 1 is 1.09 bits per heavy atom. The fraction of sp³-hybridized carbons (Fsp3) is 0.304. The van der Waals surface area contributed by atoms with Gasteiger partial charge < -0.3 is 14.7 Å². The monoisotopic (exact) mass is 469 g/mol. The molecule has 9 heteroatoms. The number of anilines is 1. The van der Waals surface area contributed by atoms with E-state index in [0.29, 0.717) is 10.8 Å². The van der Waals surface area contributed by atoms with Gasteiger partial charge in [-0.25, -0.2) is 4.98 Å². The summed E-state index contributed by atoms with van der Waals surface area (Å²) >= 11 is 7.68. The molecule has 166 valence electrons. The number of rotatable bonds is 5. The number of halogens is 1. The van der Waals surface area contributed by atoms with Gasteiger partial charge in [0.2, 0.25) is 10.8 Å². The molecule has 2 aromatic carbocycles. The number of nitrogens with zero attached hydrogens (tertiary/aromatic N) is 5. The first kappa shape index (κ1) is 21.1. The normalized spacial score (nSPS) is 15.9. The van der Waals surface area contributed by atoms with E-state index in [-0.39, 0.29) is 11.9 Å². The first-order valence-corrected chi connectivity index (χ1v) is 11.7. The van der Waals surface area contributed by atoms with E-state index in [1.165, 1.54) is 15.9 Å². The van der Waals surface area contributed by atoms with Gasteiger partial charge >= 0.3 is 0 Å². The molecule has 2 aromatic heterocycles. The van der Waals surface area contributed by atoms with Crippen LogP contribution in [-0.2, 0) is 0 Å². The van der Waals surface area contributed by atoms with E-state index in [0.717, 1.165) is 53.1 Å². The van der Waals surface area contributed by atoms with Crippen LogP contribution in [0.4, 0.5) is 5.69 Å². The Bertz CT molecular complexity index is 1230. The van der Waals surface area contributed by atoms with Crippen LogP contribution in [0.15, 0.2) is 48.5 Å². The molecule has 0 spiro atoms. The zero-order valence-electron chi connectivity index (χ0n) is 17.9. The number of aryl methyl sites for hydroxylation is 1. The summed E-state index contributed by atoms with van der Waals surface area (Å²) in [5.41, 5.74) is 2.23. The molecular weight excluding hydrogens is 446 g/mol. The zero-order chi connectivity index (χ0) is 22.2. The third-order valence-corrected chi connectivity index (χ3v) is 7.15. The van der Waals surface area contributed by atoms with Gasteiger partial charge in [0.25, 0.3) is 0 Å². The largest absolute Gasteiger partial charge is 0.497 e. The van der Waals surface area contributed by atoms with Gasteiger partial charge in [0.05, 0.1) is 18.0 Å². The molecule has 0 amide bonds. The molecule has 3 heterocycles. The fourth-order valence-electron chi connectivity index (χ4n) is 4.25. The van der Waals surface area contributed by atoms with Crippen molar-refractivity contribution >= 4 is 33.6 Å². The lowest BCUT2D eigenvalue weighted by atomic mass is 10.0. The van der Waals surface area contributed by atoms with Gasteiger partial charge in [0, 0.05) is 36.9 Å². The van der Waals surface area contributed by atoms with Crippen molar-refractivity contribution in [2.24, 2.45) is 0 Å². The number of hydrogen-bond acceptors (Lipinski definition) is 7. The molecule has 1 saturated heterocycles. The Labute approximate surface area is 195 Å². The summed E-state index contributed by atoms with van der Waals surface area (Å²) in [5.74, 6) is 1.61. The van der Waals surface area contributed by atoms with E-state index in [4.69, 9.17) is 16.3 Å². The molecule has 1 aliphatic heterocycles. The molecule has 7 nitrogen and oxygen atoms in total. The summed E-state index contributed by atoms with van der Waals surface area (Å²) in [6.07, 6.45) is 0. The number of ether oxygens (including phenoxy) is 1. The van der Waals surface area contributed by atoms with Crippen molar-refractivity contribution in [3.63, 3.8) is 0 Å². The van der Waals surface area contributed by atoms with Crippen LogP contribution in [0.2, 0.25) is 5.02 Å². The van der Waals surface area contributed by atoms with Gasteiger partial charge in [-0.2, -0.15) is 4.52 Å². The van der Waals surface area contributed by atoms with Crippen molar-refractivity contribution < 1.29 is 9.84 Å². The van der Waals surface area contributed by atoms with Crippen LogP contribution in [0.1, 0.15) is 22.3 Å². The highest BCUT2D eigenvalue weighted by molar-refractivity contribution is 7.17. The zero-order valence-corrected chi connectivity index (χ0v) is 19.5. The molecule has 0 aliphatic carbocycles. The van der Waals surface area contributed by atoms with Gasteiger partial charge in [-0.05, 0) is 42.8 Å². The van der Waals surface area contributed by atoms with Crippen molar-refractivity contribution in [2.75, 3.05) is 38.2 Å². The topological polar surface area (TPSA) is 66.1 Å². The minimum absolute atomic E-state index is 0.101. The predicted octanol–water partition coefficient (Wildman–Crippen LogP) is 4.38. The smallest absolute Gasteiger partial charge is 0.230 e. The number of methoxy groups -OCH3 is 1. The molecule has 0 radical (unpaired) electrons. The Balaban J connectivity index is 1.47. The summed E-state index contributed by atoms with van der Waals surface area (Å²) in [6.45, 7) is 5.25. The van der Waals surface area contributed by atoms with Crippen LogP contribution in [0.5, 0.6) is 11.6 Å². The SMILES string of the molecule is COc1ccc([C@H](c2sc3nc(C)nn3c2O)N2CCN(c3cccc(Cl)c3)CC2)cc1. The maximum Gasteiger partial charge on any atom is 0.230 e. The van der Waals surface area contributed by atoms with Crippen molar-refractivity contribution in [3.8, 4) is 11.6 Å². The Morgan fingerprint density at radius 3 is 2.50 bits per heavy atom. The van der Waals surface area contributed by atoms with E-state index >= 15 is 0 Å². The molecule has 5 rings (SSSR count). The van der Waals surface area contributed by atoms with Crippen molar-refractivity contribution in [2.45, 2.75) is 13.0 Å². The highest BCUT2D eigenvalue weighted by atomic mass is 35.5.